The first kappa shape index (κ1) is 22.3. The van der Waals surface area contributed by atoms with E-state index < -0.39 is 17.7 Å². The first-order valence-electron chi connectivity index (χ1n) is 9.94. The van der Waals surface area contributed by atoms with Gasteiger partial charge < -0.3 is 24.4 Å². The van der Waals surface area contributed by atoms with E-state index in [0.29, 0.717) is 30.0 Å². The fourth-order valence-electron chi connectivity index (χ4n) is 3.70. The van der Waals surface area contributed by atoms with E-state index in [1.807, 2.05) is 19.0 Å². The van der Waals surface area contributed by atoms with Crippen molar-refractivity contribution in [1.29, 1.82) is 0 Å². The summed E-state index contributed by atoms with van der Waals surface area (Å²) in [6.07, 6.45) is 3.88. The Morgan fingerprint density at radius 1 is 1.13 bits per heavy atom. The van der Waals surface area contributed by atoms with Crippen molar-refractivity contribution in [1.82, 2.24) is 14.8 Å². The molecule has 1 aromatic carbocycles. The maximum atomic E-state index is 13.1. The molecule has 1 aromatic heterocycles. The maximum Gasteiger partial charge on any atom is 0.295 e. The van der Waals surface area contributed by atoms with Gasteiger partial charge in [0.2, 0.25) is 0 Å². The van der Waals surface area contributed by atoms with E-state index in [1.165, 1.54) is 19.1 Å². The van der Waals surface area contributed by atoms with E-state index in [-0.39, 0.29) is 16.9 Å². The fourth-order valence-corrected chi connectivity index (χ4v) is 3.70. The molecular formula is C23H27N3O5. The fraction of sp³-hybridized carbons (Fsp3) is 0.348. The number of aromatic nitrogens is 1. The summed E-state index contributed by atoms with van der Waals surface area (Å²) in [4.78, 5) is 33.6. The lowest BCUT2D eigenvalue weighted by Gasteiger charge is -2.26. The van der Waals surface area contributed by atoms with Crippen molar-refractivity contribution in [2.45, 2.75) is 12.5 Å². The van der Waals surface area contributed by atoms with E-state index in [4.69, 9.17) is 9.47 Å². The number of carbonyl (C=O) groups excluding carboxylic acids is 2. The average Bonchev–Trinajstić information content (AvgIpc) is 3.03. The molecule has 1 N–H and O–H groups in total. The van der Waals surface area contributed by atoms with Crippen LogP contribution in [0.3, 0.4) is 0 Å². The second kappa shape index (κ2) is 9.61. The van der Waals surface area contributed by atoms with Gasteiger partial charge in [0, 0.05) is 18.9 Å². The minimum absolute atomic E-state index is 0.0209. The number of rotatable bonds is 8. The molecule has 1 fully saturated rings. The van der Waals surface area contributed by atoms with Crippen LogP contribution < -0.4 is 9.47 Å². The summed E-state index contributed by atoms with van der Waals surface area (Å²) in [6, 6.07) is 7.67. The van der Waals surface area contributed by atoms with Crippen LogP contribution in [0.5, 0.6) is 11.5 Å². The molecule has 0 radical (unpaired) electrons. The maximum absolute atomic E-state index is 13.1. The van der Waals surface area contributed by atoms with Gasteiger partial charge in [-0.15, -0.1) is 0 Å². The Balaban J connectivity index is 2.14. The Hall–Kier alpha value is -3.39. The highest BCUT2D eigenvalue weighted by Gasteiger charge is 2.46. The molecule has 1 saturated heterocycles. The van der Waals surface area contributed by atoms with Gasteiger partial charge in [-0.25, -0.2) is 0 Å². The van der Waals surface area contributed by atoms with Gasteiger partial charge >= 0.3 is 0 Å². The monoisotopic (exact) mass is 425 g/mol. The Morgan fingerprint density at radius 3 is 2.45 bits per heavy atom. The van der Waals surface area contributed by atoms with Crippen LogP contribution in [0.2, 0.25) is 0 Å². The van der Waals surface area contributed by atoms with Crippen LogP contribution in [0.15, 0.2) is 48.3 Å². The summed E-state index contributed by atoms with van der Waals surface area (Å²) < 4.78 is 10.6. The zero-order valence-electron chi connectivity index (χ0n) is 18.2. The van der Waals surface area contributed by atoms with Crippen LogP contribution in [0.4, 0.5) is 0 Å². The summed E-state index contributed by atoms with van der Waals surface area (Å²) in [6.45, 7) is 1.14. The van der Waals surface area contributed by atoms with Crippen molar-refractivity contribution in [3.8, 4) is 11.5 Å². The predicted octanol–water partition coefficient (Wildman–Crippen LogP) is 2.47. The van der Waals surface area contributed by atoms with Gasteiger partial charge in [-0.05, 0) is 63.0 Å². The molecule has 31 heavy (non-hydrogen) atoms. The van der Waals surface area contributed by atoms with Crippen LogP contribution in [-0.2, 0) is 9.59 Å². The zero-order chi connectivity index (χ0) is 22.5. The smallest absolute Gasteiger partial charge is 0.295 e. The first-order chi connectivity index (χ1) is 14.9. The number of amides is 1. The van der Waals surface area contributed by atoms with E-state index >= 15 is 0 Å². The van der Waals surface area contributed by atoms with Crippen molar-refractivity contribution in [2.24, 2.45) is 0 Å². The molecule has 1 aliphatic rings. The van der Waals surface area contributed by atoms with E-state index in [9.17, 15) is 14.7 Å². The van der Waals surface area contributed by atoms with Gasteiger partial charge in [-0.2, -0.15) is 0 Å². The third kappa shape index (κ3) is 4.54. The minimum atomic E-state index is -0.728. The number of likely N-dealkylation sites (tertiary alicyclic amines) is 1. The summed E-state index contributed by atoms with van der Waals surface area (Å²) in [5, 5.41) is 11.2. The van der Waals surface area contributed by atoms with Crippen LogP contribution >= 0.6 is 0 Å². The van der Waals surface area contributed by atoms with E-state index in [0.717, 1.165) is 6.54 Å². The Bertz CT molecular complexity index is 988. The molecule has 3 rings (SSSR count). The number of carbonyl (C=O) groups is 2. The molecule has 2 aromatic rings. The molecule has 8 nitrogen and oxygen atoms in total. The number of Topliss-reactive ketones (excluding diaryl/α,β-unsaturated/α-hetero) is 1. The zero-order valence-corrected chi connectivity index (χ0v) is 18.2. The van der Waals surface area contributed by atoms with Crippen molar-refractivity contribution in [2.75, 3.05) is 41.4 Å². The Morgan fingerprint density at radius 2 is 1.84 bits per heavy atom. The number of ether oxygens (including phenoxy) is 2. The van der Waals surface area contributed by atoms with Crippen molar-refractivity contribution in [3.63, 3.8) is 0 Å². The van der Waals surface area contributed by atoms with Crippen LogP contribution in [-0.4, -0.2) is 73.0 Å². The van der Waals surface area contributed by atoms with Gasteiger partial charge in [-0.1, -0.05) is 0 Å². The number of ketones is 1. The molecule has 164 valence electrons. The number of pyridine rings is 1. The van der Waals surface area contributed by atoms with Crippen LogP contribution in [0, 0.1) is 0 Å². The number of aliphatic hydroxyl groups excluding tert-OH is 1. The number of nitrogens with zero attached hydrogens (tertiary/aromatic N) is 3. The van der Waals surface area contributed by atoms with Gasteiger partial charge in [0.1, 0.15) is 17.3 Å². The number of aliphatic hydroxyl groups is 1. The third-order valence-corrected chi connectivity index (χ3v) is 5.23. The molecule has 2 heterocycles. The summed E-state index contributed by atoms with van der Waals surface area (Å²) in [5.41, 5.74) is 1.00. The summed E-state index contributed by atoms with van der Waals surface area (Å²) >= 11 is 0. The standard InChI is InChI=1S/C23H27N3O5/c1-25(2)12-5-13-26-20(15-8-10-24-11-9-15)19(22(28)23(26)29)21(27)17-14-16(30-3)6-7-18(17)31-4/h6-11,14,20,27H,5,12-13H2,1-4H3/b21-19+. The van der Waals surface area contributed by atoms with E-state index in [1.54, 1.807) is 42.7 Å². The second-order valence-electron chi connectivity index (χ2n) is 7.50. The molecule has 0 bridgehead atoms. The number of hydrogen-bond acceptors (Lipinski definition) is 7. The Kier molecular flexibility index (Phi) is 6.91. The molecule has 1 unspecified atom stereocenters. The number of hydrogen-bond donors (Lipinski definition) is 1. The molecular weight excluding hydrogens is 398 g/mol. The van der Waals surface area contributed by atoms with Crippen molar-refractivity contribution >= 4 is 17.4 Å². The van der Waals surface area contributed by atoms with E-state index in [2.05, 4.69) is 4.98 Å². The molecule has 1 amide bonds. The topological polar surface area (TPSA) is 92.2 Å². The summed E-state index contributed by atoms with van der Waals surface area (Å²) in [7, 11) is 6.87. The van der Waals surface area contributed by atoms with Gasteiger partial charge in [0.15, 0.2) is 0 Å². The average molecular weight is 425 g/mol. The highest BCUT2D eigenvalue weighted by molar-refractivity contribution is 6.46. The molecule has 0 spiro atoms. The molecule has 1 atom stereocenters. The highest BCUT2D eigenvalue weighted by Crippen LogP contribution is 2.41. The Labute approximate surface area is 181 Å². The lowest BCUT2D eigenvalue weighted by molar-refractivity contribution is -0.139. The van der Waals surface area contributed by atoms with Gasteiger partial charge in [0.05, 0.1) is 31.4 Å². The molecule has 0 aliphatic carbocycles. The largest absolute Gasteiger partial charge is 0.507 e. The molecule has 1 aliphatic heterocycles. The lowest BCUT2D eigenvalue weighted by atomic mass is 9.95. The minimum Gasteiger partial charge on any atom is -0.507 e. The summed E-state index contributed by atoms with van der Waals surface area (Å²) in [5.74, 6) is -0.808. The third-order valence-electron chi connectivity index (χ3n) is 5.23. The van der Waals surface area contributed by atoms with Gasteiger partial charge in [-0.3, -0.25) is 14.6 Å². The van der Waals surface area contributed by atoms with Crippen LogP contribution in [0.25, 0.3) is 5.76 Å². The quantitative estimate of drug-likeness (QED) is 0.395. The first-order valence-corrected chi connectivity index (χ1v) is 9.94. The van der Waals surface area contributed by atoms with Crippen molar-refractivity contribution < 1.29 is 24.2 Å². The normalized spacial score (nSPS) is 18.0. The second-order valence-corrected chi connectivity index (χ2v) is 7.50. The highest BCUT2D eigenvalue weighted by atomic mass is 16.5. The molecule has 0 saturated carbocycles. The number of methoxy groups -OCH3 is 2. The SMILES string of the molecule is COc1ccc(OC)c(/C(O)=C2\C(=O)C(=O)N(CCCN(C)C)C2c2ccncc2)c1. The predicted molar refractivity (Wildman–Crippen MR) is 116 cm³/mol. The molecule has 8 heteroatoms. The van der Waals surface area contributed by atoms with Crippen LogP contribution in [0.1, 0.15) is 23.6 Å². The van der Waals surface area contributed by atoms with Gasteiger partial charge in [0.25, 0.3) is 11.7 Å². The number of benzene rings is 1. The lowest BCUT2D eigenvalue weighted by Crippen LogP contribution is -2.32. The van der Waals surface area contributed by atoms with Crippen molar-refractivity contribution in [3.05, 3.63) is 59.4 Å².